The highest BCUT2D eigenvalue weighted by Crippen LogP contribution is 2.35. The quantitative estimate of drug-likeness (QED) is 0.611. The molecule has 1 aromatic rings. The molecule has 1 aromatic carbocycles. The van der Waals surface area contributed by atoms with Gasteiger partial charge < -0.3 is 4.74 Å². The molecular weight excluding hydrogens is 316 g/mol. The molecule has 0 bridgehead atoms. The lowest BCUT2D eigenvalue weighted by Gasteiger charge is -2.25. The summed E-state index contributed by atoms with van der Waals surface area (Å²) in [6.07, 6.45) is -0.650. The van der Waals surface area contributed by atoms with Crippen LogP contribution in [0.3, 0.4) is 0 Å². The SMILES string of the molecule is CN(C(=O)OC(C)(C)C)c1c(Br)cccc1[N+](=O)[O-]. The van der Waals surface area contributed by atoms with Gasteiger partial charge in [0.05, 0.1) is 4.92 Å². The fourth-order valence-electron chi connectivity index (χ4n) is 1.41. The number of nitro groups is 1. The molecule has 0 saturated heterocycles. The first kappa shape index (κ1) is 15.4. The van der Waals surface area contributed by atoms with Gasteiger partial charge in [-0.25, -0.2) is 4.79 Å². The summed E-state index contributed by atoms with van der Waals surface area (Å²) in [6.45, 7) is 5.19. The summed E-state index contributed by atoms with van der Waals surface area (Å²) in [7, 11) is 1.43. The molecule has 0 N–H and O–H groups in total. The number of rotatable bonds is 2. The Bertz CT molecular complexity index is 511. The summed E-state index contributed by atoms with van der Waals surface area (Å²) in [4.78, 5) is 23.5. The van der Waals surface area contributed by atoms with E-state index in [0.29, 0.717) is 4.47 Å². The molecule has 0 atom stereocenters. The van der Waals surface area contributed by atoms with E-state index in [2.05, 4.69) is 15.9 Å². The number of benzene rings is 1. The fraction of sp³-hybridized carbons (Fsp3) is 0.417. The van der Waals surface area contributed by atoms with Gasteiger partial charge in [0.2, 0.25) is 0 Å². The number of nitrogens with zero attached hydrogens (tertiary/aromatic N) is 2. The van der Waals surface area contributed by atoms with Gasteiger partial charge in [0, 0.05) is 17.6 Å². The summed E-state index contributed by atoms with van der Waals surface area (Å²) in [5.41, 5.74) is -0.661. The molecule has 7 heteroatoms. The van der Waals surface area contributed by atoms with Gasteiger partial charge in [-0.05, 0) is 42.8 Å². The van der Waals surface area contributed by atoms with Gasteiger partial charge in [0.15, 0.2) is 0 Å². The maximum Gasteiger partial charge on any atom is 0.414 e. The van der Waals surface area contributed by atoms with Crippen molar-refractivity contribution in [1.82, 2.24) is 0 Å². The summed E-state index contributed by atoms with van der Waals surface area (Å²) >= 11 is 3.21. The average Bonchev–Trinajstić information content (AvgIpc) is 2.25. The van der Waals surface area contributed by atoms with E-state index >= 15 is 0 Å². The molecule has 0 aliphatic heterocycles. The minimum atomic E-state index is -0.665. The van der Waals surface area contributed by atoms with Crippen molar-refractivity contribution >= 4 is 33.4 Å². The number of nitro benzene ring substituents is 1. The lowest BCUT2D eigenvalue weighted by molar-refractivity contribution is -0.384. The highest BCUT2D eigenvalue weighted by molar-refractivity contribution is 9.10. The van der Waals surface area contributed by atoms with Crippen molar-refractivity contribution in [3.8, 4) is 0 Å². The molecule has 0 aliphatic rings. The second-order valence-corrected chi connectivity index (χ2v) is 5.76. The predicted octanol–water partition coefficient (Wildman–Crippen LogP) is 3.73. The van der Waals surface area contributed by atoms with Gasteiger partial charge in [0.25, 0.3) is 5.69 Å². The molecule has 0 aliphatic carbocycles. The Kier molecular flexibility index (Phi) is 4.52. The third-order valence-electron chi connectivity index (χ3n) is 2.16. The van der Waals surface area contributed by atoms with Crippen LogP contribution in [0, 0.1) is 10.1 Å². The van der Waals surface area contributed by atoms with Crippen molar-refractivity contribution in [2.45, 2.75) is 26.4 Å². The van der Waals surface area contributed by atoms with Crippen molar-refractivity contribution < 1.29 is 14.5 Å². The van der Waals surface area contributed by atoms with Crippen molar-refractivity contribution in [2.75, 3.05) is 11.9 Å². The van der Waals surface area contributed by atoms with Crippen molar-refractivity contribution in [1.29, 1.82) is 0 Å². The van der Waals surface area contributed by atoms with Gasteiger partial charge in [-0.1, -0.05) is 6.07 Å². The number of ether oxygens (including phenoxy) is 1. The Hall–Kier alpha value is -1.63. The number of halogens is 1. The van der Waals surface area contributed by atoms with Crippen LogP contribution in [-0.2, 0) is 4.74 Å². The van der Waals surface area contributed by atoms with Crippen LogP contribution < -0.4 is 4.90 Å². The van der Waals surface area contributed by atoms with E-state index in [1.165, 1.54) is 19.2 Å². The van der Waals surface area contributed by atoms with E-state index < -0.39 is 16.6 Å². The Morgan fingerprint density at radius 3 is 2.47 bits per heavy atom. The lowest BCUT2D eigenvalue weighted by Crippen LogP contribution is -2.34. The van der Waals surface area contributed by atoms with Crippen LogP contribution in [-0.4, -0.2) is 23.7 Å². The third-order valence-corrected chi connectivity index (χ3v) is 2.80. The van der Waals surface area contributed by atoms with E-state index in [1.54, 1.807) is 26.8 Å². The first-order valence-corrected chi connectivity index (χ1v) is 6.32. The summed E-state index contributed by atoms with van der Waals surface area (Å²) in [6, 6.07) is 4.50. The molecule has 0 heterocycles. The van der Waals surface area contributed by atoms with Crippen LogP contribution in [0.25, 0.3) is 0 Å². The molecular formula is C12H15BrN2O4. The minimum Gasteiger partial charge on any atom is -0.443 e. The number of carbonyl (C=O) groups excluding carboxylic acids is 1. The second-order valence-electron chi connectivity index (χ2n) is 4.90. The number of carbonyl (C=O) groups is 1. The van der Waals surface area contributed by atoms with E-state index in [-0.39, 0.29) is 11.4 Å². The Balaban J connectivity index is 3.16. The van der Waals surface area contributed by atoms with Crippen LogP contribution >= 0.6 is 15.9 Å². The van der Waals surface area contributed by atoms with Crippen molar-refractivity contribution in [3.05, 3.63) is 32.8 Å². The molecule has 0 unspecified atom stereocenters. The molecule has 0 radical (unpaired) electrons. The molecule has 0 saturated carbocycles. The number of para-hydroxylation sites is 1. The van der Waals surface area contributed by atoms with E-state index in [9.17, 15) is 14.9 Å². The molecule has 19 heavy (non-hydrogen) atoms. The molecule has 6 nitrogen and oxygen atoms in total. The number of anilines is 1. The molecule has 0 fully saturated rings. The van der Waals surface area contributed by atoms with E-state index in [0.717, 1.165) is 4.90 Å². The average molecular weight is 331 g/mol. The van der Waals surface area contributed by atoms with Crippen LogP contribution in [0.5, 0.6) is 0 Å². The fourth-order valence-corrected chi connectivity index (χ4v) is 2.03. The highest BCUT2D eigenvalue weighted by atomic mass is 79.9. The smallest absolute Gasteiger partial charge is 0.414 e. The second kappa shape index (κ2) is 5.56. The lowest BCUT2D eigenvalue weighted by atomic mass is 10.2. The van der Waals surface area contributed by atoms with Crippen LogP contribution in [0.1, 0.15) is 20.8 Å². The zero-order valence-corrected chi connectivity index (χ0v) is 12.7. The van der Waals surface area contributed by atoms with Crippen LogP contribution in [0.4, 0.5) is 16.2 Å². The largest absolute Gasteiger partial charge is 0.443 e. The molecule has 0 aromatic heterocycles. The third kappa shape index (κ3) is 3.92. The summed E-state index contributed by atoms with van der Waals surface area (Å²) in [5, 5.41) is 11.0. The van der Waals surface area contributed by atoms with Crippen molar-refractivity contribution in [3.63, 3.8) is 0 Å². The summed E-state index contributed by atoms with van der Waals surface area (Å²) < 4.78 is 5.64. The standard InChI is InChI=1S/C12H15BrN2O4/c1-12(2,3)19-11(16)14(4)10-8(13)6-5-7-9(10)15(17)18/h5-7H,1-4H3. The summed E-state index contributed by atoms with van der Waals surface area (Å²) in [5.74, 6) is 0. The van der Waals surface area contributed by atoms with Crippen LogP contribution in [0.2, 0.25) is 0 Å². The number of amides is 1. The Morgan fingerprint density at radius 1 is 1.42 bits per heavy atom. The molecule has 1 amide bonds. The van der Waals surface area contributed by atoms with E-state index in [1.807, 2.05) is 0 Å². The van der Waals surface area contributed by atoms with Gasteiger partial charge >= 0.3 is 6.09 Å². The first-order valence-electron chi connectivity index (χ1n) is 5.53. The first-order chi connectivity index (χ1) is 8.63. The van der Waals surface area contributed by atoms with Crippen LogP contribution in [0.15, 0.2) is 22.7 Å². The topological polar surface area (TPSA) is 72.7 Å². The van der Waals surface area contributed by atoms with Gasteiger partial charge in [-0.15, -0.1) is 0 Å². The highest BCUT2D eigenvalue weighted by Gasteiger charge is 2.27. The van der Waals surface area contributed by atoms with Gasteiger partial charge in [0.1, 0.15) is 11.3 Å². The molecule has 104 valence electrons. The zero-order chi connectivity index (χ0) is 14.8. The molecule has 1 rings (SSSR count). The predicted molar refractivity (Wildman–Crippen MR) is 75.4 cm³/mol. The monoisotopic (exact) mass is 330 g/mol. The maximum absolute atomic E-state index is 11.9. The van der Waals surface area contributed by atoms with E-state index in [4.69, 9.17) is 4.74 Å². The maximum atomic E-state index is 11.9. The molecule has 0 spiro atoms. The number of hydrogen-bond acceptors (Lipinski definition) is 4. The Morgan fingerprint density at radius 2 is 2.00 bits per heavy atom. The number of hydrogen-bond donors (Lipinski definition) is 0. The van der Waals surface area contributed by atoms with Crippen molar-refractivity contribution in [2.24, 2.45) is 0 Å². The normalized spacial score (nSPS) is 11.0. The van der Waals surface area contributed by atoms with Gasteiger partial charge in [-0.3, -0.25) is 15.0 Å². The van der Waals surface area contributed by atoms with Gasteiger partial charge in [-0.2, -0.15) is 0 Å². The Labute approximate surface area is 119 Å². The zero-order valence-electron chi connectivity index (χ0n) is 11.1. The minimum absolute atomic E-state index is 0.164.